The molecule has 0 amide bonds. The van der Waals surface area contributed by atoms with Crippen LogP contribution in [0.4, 0.5) is 0 Å². The highest BCUT2D eigenvalue weighted by atomic mass is 14.4. The van der Waals surface area contributed by atoms with Gasteiger partial charge in [-0.3, -0.25) is 0 Å². The zero-order valence-corrected chi connectivity index (χ0v) is 10.7. The van der Waals surface area contributed by atoms with E-state index in [2.05, 4.69) is 48.5 Å². The second kappa shape index (κ2) is 4.48. The molecule has 0 radical (unpaired) electrons. The third kappa shape index (κ3) is 2.72. The molecule has 0 rings (SSSR count). The van der Waals surface area contributed by atoms with Crippen molar-refractivity contribution in [1.29, 1.82) is 0 Å². The number of rotatable bonds is 5. The van der Waals surface area contributed by atoms with Gasteiger partial charge in [0.2, 0.25) is 0 Å². The molecule has 0 N–H and O–H groups in total. The van der Waals surface area contributed by atoms with Gasteiger partial charge in [0.15, 0.2) is 0 Å². The van der Waals surface area contributed by atoms with Gasteiger partial charge in [0, 0.05) is 0 Å². The van der Waals surface area contributed by atoms with E-state index in [9.17, 15) is 0 Å². The second-order valence-electron chi connectivity index (χ2n) is 5.66. The van der Waals surface area contributed by atoms with Crippen molar-refractivity contribution in [2.45, 2.75) is 67.7 Å². The van der Waals surface area contributed by atoms with Crippen LogP contribution in [0.5, 0.6) is 0 Å². The third-order valence-corrected chi connectivity index (χ3v) is 4.46. The lowest BCUT2D eigenvalue weighted by molar-refractivity contribution is 0.0369. The molecule has 0 bridgehead atoms. The smallest absolute Gasteiger partial charge is 0.0277 e. The Kier molecular flexibility index (Phi) is 4.48. The summed E-state index contributed by atoms with van der Waals surface area (Å²) in [6, 6.07) is 0. The standard InChI is InChI=1S/C13H28/c1-8-10-12(4,5)13(6,7)11(3)9-2/h11H,8-10H2,1-7H3. The van der Waals surface area contributed by atoms with Crippen molar-refractivity contribution in [1.82, 2.24) is 0 Å². The molecule has 80 valence electrons. The summed E-state index contributed by atoms with van der Waals surface area (Å²) in [6.07, 6.45) is 3.93. The zero-order valence-electron chi connectivity index (χ0n) is 10.7. The van der Waals surface area contributed by atoms with Crippen LogP contribution in [0, 0.1) is 16.7 Å². The molecule has 0 aromatic carbocycles. The van der Waals surface area contributed by atoms with Crippen molar-refractivity contribution >= 4 is 0 Å². The lowest BCUT2D eigenvalue weighted by atomic mass is 9.59. The van der Waals surface area contributed by atoms with Crippen molar-refractivity contribution in [3.8, 4) is 0 Å². The van der Waals surface area contributed by atoms with E-state index in [1.54, 1.807) is 0 Å². The van der Waals surface area contributed by atoms with Crippen LogP contribution in [0.1, 0.15) is 67.7 Å². The van der Waals surface area contributed by atoms with Crippen LogP contribution >= 0.6 is 0 Å². The SMILES string of the molecule is CCCC(C)(C)C(C)(C)C(C)CC. The van der Waals surface area contributed by atoms with Gasteiger partial charge in [-0.1, -0.05) is 61.3 Å². The van der Waals surface area contributed by atoms with Gasteiger partial charge in [-0.2, -0.15) is 0 Å². The maximum absolute atomic E-state index is 2.43. The maximum atomic E-state index is 2.43. The lowest BCUT2D eigenvalue weighted by Crippen LogP contribution is -2.37. The maximum Gasteiger partial charge on any atom is -0.0277 e. The Bertz CT molecular complexity index is 142. The molecule has 0 saturated carbocycles. The highest BCUT2D eigenvalue weighted by molar-refractivity contribution is 4.88. The summed E-state index contributed by atoms with van der Waals surface area (Å²) in [4.78, 5) is 0. The average Bonchev–Trinajstić information content (AvgIpc) is 2.02. The van der Waals surface area contributed by atoms with E-state index in [-0.39, 0.29) is 0 Å². The minimum atomic E-state index is 0.456. The Morgan fingerprint density at radius 1 is 1.00 bits per heavy atom. The fourth-order valence-electron chi connectivity index (χ4n) is 2.12. The van der Waals surface area contributed by atoms with Crippen LogP contribution in [-0.4, -0.2) is 0 Å². The van der Waals surface area contributed by atoms with Gasteiger partial charge in [-0.25, -0.2) is 0 Å². The van der Waals surface area contributed by atoms with Crippen LogP contribution in [0.3, 0.4) is 0 Å². The predicted octanol–water partition coefficient (Wildman–Crippen LogP) is 4.89. The normalized spacial score (nSPS) is 15.9. The number of hydrogen-bond donors (Lipinski definition) is 0. The molecule has 0 aromatic rings. The summed E-state index contributed by atoms with van der Waals surface area (Å²) < 4.78 is 0. The van der Waals surface area contributed by atoms with Crippen molar-refractivity contribution in [2.75, 3.05) is 0 Å². The highest BCUT2D eigenvalue weighted by Gasteiger charge is 2.39. The van der Waals surface area contributed by atoms with Crippen LogP contribution in [0.25, 0.3) is 0 Å². The Morgan fingerprint density at radius 3 is 1.77 bits per heavy atom. The molecule has 0 fully saturated rings. The summed E-state index contributed by atoms with van der Waals surface area (Å²) >= 11 is 0. The quantitative estimate of drug-likeness (QED) is 0.571. The van der Waals surface area contributed by atoms with Gasteiger partial charge in [-0.15, -0.1) is 0 Å². The van der Waals surface area contributed by atoms with Crippen LogP contribution in [0.15, 0.2) is 0 Å². The summed E-state index contributed by atoms with van der Waals surface area (Å²) in [6.45, 7) is 16.7. The topological polar surface area (TPSA) is 0 Å². The van der Waals surface area contributed by atoms with Gasteiger partial charge in [0.05, 0.1) is 0 Å². The Hall–Kier alpha value is 0. The molecule has 0 heterocycles. The van der Waals surface area contributed by atoms with Gasteiger partial charge in [0.25, 0.3) is 0 Å². The summed E-state index contributed by atoms with van der Waals surface area (Å²) in [7, 11) is 0. The molecule has 0 aliphatic heterocycles. The first-order valence-corrected chi connectivity index (χ1v) is 5.79. The molecule has 0 spiro atoms. The van der Waals surface area contributed by atoms with Gasteiger partial charge < -0.3 is 0 Å². The molecule has 0 saturated heterocycles. The van der Waals surface area contributed by atoms with Crippen molar-refractivity contribution < 1.29 is 0 Å². The molecule has 0 nitrogen and oxygen atoms in total. The molecule has 1 unspecified atom stereocenters. The van der Waals surface area contributed by atoms with Crippen molar-refractivity contribution in [3.05, 3.63) is 0 Å². The average molecular weight is 184 g/mol. The van der Waals surface area contributed by atoms with E-state index in [1.807, 2.05) is 0 Å². The first-order valence-electron chi connectivity index (χ1n) is 5.79. The Labute approximate surface area is 85.1 Å². The third-order valence-electron chi connectivity index (χ3n) is 4.46. The first-order chi connectivity index (χ1) is 5.79. The molecule has 1 atom stereocenters. The molecular formula is C13H28. The molecule has 13 heavy (non-hydrogen) atoms. The minimum Gasteiger partial charge on any atom is -0.0654 e. The molecular weight excluding hydrogens is 156 g/mol. The van der Waals surface area contributed by atoms with E-state index in [1.165, 1.54) is 19.3 Å². The zero-order chi connectivity index (χ0) is 10.7. The number of hydrogen-bond acceptors (Lipinski definition) is 0. The molecule has 0 aliphatic carbocycles. The van der Waals surface area contributed by atoms with E-state index in [4.69, 9.17) is 0 Å². The van der Waals surface area contributed by atoms with Crippen LogP contribution in [-0.2, 0) is 0 Å². The van der Waals surface area contributed by atoms with Crippen LogP contribution in [0.2, 0.25) is 0 Å². The molecule has 0 aromatic heterocycles. The second-order valence-corrected chi connectivity index (χ2v) is 5.66. The fourth-order valence-corrected chi connectivity index (χ4v) is 2.12. The Balaban J connectivity index is 4.58. The first kappa shape index (κ1) is 13.0. The molecule has 0 heteroatoms. The summed E-state index contributed by atoms with van der Waals surface area (Å²) in [5.41, 5.74) is 0.926. The summed E-state index contributed by atoms with van der Waals surface area (Å²) in [5.74, 6) is 0.814. The van der Waals surface area contributed by atoms with E-state index in [0.29, 0.717) is 10.8 Å². The van der Waals surface area contributed by atoms with E-state index in [0.717, 1.165) is 5.92 Å². The summed E-state index contributed by atoms with van der Waals surface area (Å²) in [5, 5.41) is 0. The van der Waals surface area contributed by atoms with Gasteiger partial charge in [0.1, 0.15) is 0 Å². The predicted molar refractivity (Wildman–Crippen MR) is 61.9 cm³/mol. The van der Waals surface area contributed by atoms with E-state index >= 15 is 0 Å². The van der Waals surface area contributed by atoms with E-state index < -0.39 is 0 Å². The highest BCUT2D eigenvalue weighted by Crippen LogP contribution is 2.48. The Morgan fingerprint density at radius 2 is 1.46 bits per heavy atom. The largest absolute Gasteiger partial charge is 0.0654 e. The monoisotopic (exact) mass is 184 g/mol. The van der Waals surface area contributed by atoms with Crippen molar-refractivity contribution in [2.24, 2.45) is 16.7 Å². The van der Waals surface area contributed by atoms with Gasteiger partial charge in [-0.05, 0) is 23.2 Å². The molecule has 0 aliphatic rings. The van der Waals surface area contributed by atoms with Crippen LogP contribution < -0.4 is 0 Å². The van der Waals surface area contributed by atoms with Crippen molar-refractivity contribution in [3.63, 3.8) is 0 Å². The van der Waals surface area contributed by atoms with Gasteiger partial charge >= 0.3 is 0 Å². The minimum absolute atomic E-state index is 0.456. The lowest BCUT2D eigenvalue weighted by Gasteiger charge is -2.46. The fraction of sp³-hybridized carbons (Fsp3) is 1.00.